The molecule has 3 rings (SSSR count). The zero-order valence-electron chi connectivity index (χ0n) is 10.00. The molecule has 0 amide bonds. The molecule has 98 valence electrons. The highest BCUT2D eigenvalue weighted by Gasteiger charge is 2.19. The lowest BCUT2D eigenvalue weighted by Gasteiger charge is -2.14. The van der Waals surface area contributed by atoms with Gasteiger partial charge >= 0.3 is 0 Å². The van der Waals surface area contributed by atoms with Gasteiger partial charge in [0.05, 0.1) is 21.5 Å². The van der Waals surface area contributed by atoms with Crippen LogP contribution in [-0.2, 0) is 6.42 Å². The highest BCUT2D eigenvalue weighted by molar-refractivity contribution is 9.09. The molecule has 0 saturated carbocycles. The van der Waals surface area contributed by atoms with Crippen LogP contribution in [0.5, 0.6) is 5.75 Å². The molecule has 0 aromatic heterocycles. The molecule has 0 fully saturated rings. The molecule has 1 unspecified atom stereocenters. The Morgan fingerprint density at radius 1 is 1.16 bits per heavy atom. The number of alkyl halides is 1. The van der Waals surface area contributed by atoms with Crippen LogP contribution in [0.2, 0.25) is 10.0 Å². The zero-order chi connectivity index (χ0) is 13.4. The number of benzene rings is 2. The van der Waals surface area contributed by atoms with Gasteiger partial charge in [-0.05, 0) is 28.8 Å². The van der Waals surface area contributed by atoms with Crippen LogP contribution in [0, 0.1) is 0 Å². The normalized spacial score (nSPS) is 14.9. The van der Waals surface area contributed by atoms with Crippen LogP contribution < -0.4 is 4.74 Å². The van der Waals surface area contributed by atoms with Gasteiger partial charge in [-0.1, -0.05) is 63.4 Å². The Hall–Kier alpha value is -0.700. The topological polar surface area (TPSA) is 9.23 Å². The van der Waals surface area contributed by atoms with E-state index in [1.54, 1.807) is 6.07 Å². The SMILES string of the molecule is Clc1cccc(C(Br)c2ccc3c(c2)CCO3)c1Cl. The van der Waals surface area contributed by atoms with Gasteiger partial charge in [0.15, 0.2) is 0 Å². The van der Waals surface area contributed by atoms with Crippen LogP contribution in [0.4, 0.5) is 0 Å². The van der Waals surface area contributed by atoms with Crippen molar-refractivity contribution in [3.63, 3.8) is 0 Å². The van der Waals surface area contributed by atoms with E-state index < -0.39 is 0 Å². The van der Waals surface area contributed by atoms with Gasteiger partial charge in [0.2, 0.25) is 0 Å². The number of halogens is 3. The Kier molecular flexibility index (Phi) is 3.75. The fourth-order valence-corrected chi connectivity index (χ4v) is 3.47. The van der Waals surface area contributed by atoms with Crippen molar-refractivity contribution >= 4 is 39.1 Å². The average molecular weight is 358 g/mol. The minimum Gasteiger partial charge on any atom is -0.493 e. The lowest BCUT2D eigenvalue weighted by atomic mass is 10.0. The van der Waals surface area contributed by atoms with E-state index in [0.717, 1.165) is 29.9 Å². The van der Waals surface area contributed by atoms with Crippen LogP contribution in [-0.4, -0.2) is 6.61 Å². The summed E-state index contributed by atoms with van der Waals surface area (Å²) in [5, 5.41) is 1.18. The van der Waals surface area contributed by atoms with Crippen molar-refractivity contribution in [1.29, 1.82) is 0 Å². The monoisotopic (exact) mass is 356 g/mol. The first kappa shape index (κ1) is 13.3. The zero-order valence-corrected chi connectivity index (χ0v) is 13.1. The predicted molar refractivity (Wildman–Crippen MR) is 82.9 cm³/mol. The Morgan fingerprint density at radius 2 is 2.00 bits per heavy atom. The second kappa shape index (κ2) is 5.35. The maximum atomic E-state index is 6.27. The molecular formula is C15H11BrCl2O. The summed E-state index contributed by atoms with van der Waals surface area (Å²) in [5.74, 6) is 0.987. The van der Waals surface area contributed by atoms with Crippen molar-refractivity contribution in [2.24, 2.45) is 0 Å². The van der Waals surface area contributed by atoms with Gasteiger partial charge in [-0.3, -0.25) is 0 Å². The van der Waals surface area contributed by atoms with Crippen molar-refractivity contribution in [1.82, 2.24) is 0 Å². The van der Waals surface area contributed by atoms with Gasteiger partial charge in [0.1, 0.15) is 5.75 Å². The summed E-state index contributed by atoms with van der Waals surface area (Å²) in [6.07, 6.45) is 0.964. The van der Waals surface area contributed by atoms with E-state index in [9.17, 15) is 0 Å². The summed E-state index contributed by atoms with van der Waals surface area (Å²) >= 11 is 16.0. The maximum absolute atomic E-state index is 6.27. The first-order valence-corrected chi connectivity index (χ1v) is 7.67. The Labute approximate surface area is 130 Å². The van der Waals surface area contributed by atoms with Crippen LogP contribution in [0.1, 0.15) is 21.5 Å². The molecule has 2 aromatic carbocycles. The minimum atomic E-state index is 0.0320. The first-order chi connectivity index (χ1) is 9.16. The quantitative estimate of drug-likeness (QED) is 0.652. The van der Waals surface area contributed by atoms with E-state index in [1.165, 1.54) is 5.56 Å². The second-order valence-corrected chi connectivity index (χ2v) is 6.17. The molecule has 0 radical (unpaired) electrons. The smallest absolute Gasteiger partial charge is 0.122 e. The fraction of sp³-hybridized carbons (Fsp3) is 0.200. The van der Waals surface area contributed by atoms with Crippen molar-refractivity contribution in [2.45, 2.75) is 11.2 Å². The number of rotatable bonds is 2. The Morgan fingerprint density at radius 3 is 2.84 bits per heavy atom. The summed E-state index contributed by atoms with van der Waals surface area (Å²) in [6, 6.07) is 11.9. The molecule has 0 aliphatic carbocycles. The van der Waals surface area contributed by atoms with E-state index in [4.69, 9.17) is 27.9 Å². The van der Waals surface area contributed by atoms with E-state index >= 15 is 0 Å². The number of hydrogen-bond donors (Lipinski definition) is 0. The van der Waals surface area contributed by atoms with Gasteiger partial charge in [-0.2, -0.15) is 0 Å². The van der Waals surface area contributed by atoms with E-state index in [2.05, 4.69) is 28.1 Å². The molecular weight excluding hydrogens is 347 g/mol. The Balaban J connectivity index is 2.00. The van der Waals surface area contributed by atoms with Crippen molar-refractivity contribution in [3.8, 4) is 5.75 Å². The molecule has 1 atom stereocenters. The summed E-state index contributed by atoms with van der Waals surface area (Å²) in [4.78, 5) is 0.0320. The van der Waals surface area contributed by atoms with Crippen molar-refractivity contribution < 1.29 is 4.74 Å². The summed E-state index contributed by atoms with van der Waals surface area (Å²) < 4.78 is 5.52. The standard InChI is InChI=1S/C15H11BrCl2O/c16-14(11-2-1-3-12(17)15(11)18)10-4-5-13-9(8-10)6-7-19-13/h1-5,8,14H,6-7H2. The summed E-state index contributed by atoms with van der Waals surface area (Å²) in [5.41, 5.74) is 3.39. The molecule has 1 aliphatic rings. The average Bonchev–Trinajstić information content (AvgIpc) is 2.88. The van der Waals surface area contributed by atoms with Crippen LogP contribution in [0.25, 0.3) is 0 Å². The van der Waals surface area contributed by atoms with Crippen LogP contribution >= 0.6 is 39.1 Å². The van der Waals surface area contributed by atoms with Crippen LogP contribution in [0.15, 0.2) is 36.4 Å². The highest BCUT2D eigenvalue weighted by atomic mass is 79.9. The predicted octanol–water partition coefficient (Wildman–Crippen LogP) is 5.41. The van der Waals surface area contributed by atoms with Gasteiger partial charge in [-0.15, -0.1) is 0 Å². The number of fused-ring (bicyclic) bond motifs is 1. The maximum Gasteiger partial charge on any atom is 0.122 e. The molecule has 0 bridgehead atoms. The van der Waals surface area contributed by atoms with Crippen molar-refractivity contribution in [3.05, 3.63) is 63.1 Å². The number of hydrogen-bond acceptors (Lipinski definition) is 1. The third-order valence-electron chi connectivity index (χ3n) is 3.26. The molecule has 0 spiro atoms. The molecule has 1 aliphatic heterocycles. The third-order valence-corrected chi connectivity index (χ3v) is 5.12. The highest BCUT2D eigenvalue weighted by Crippen LogP contribution is 2.39. The lowest BCUT2D eigenvalue weighted by Crippen LogP contribution is -1.95. The van der Waals surface area contributed by atoms with Gasteiger partial charge < -0.3 is 4.74 Å². The molecule has 2 aromatic rings. The molecule has 19 heavy (non-hydrogen) atoms. The molecule has 4 heteroatoms. The summed E-state index contributed by atoms with van der Waals surface area (Å²) in [6.45, 7) is 0.768. The van der Waals surface area contributed by atoms with Gasteiger partial charge in [0, 0.05) is 6.42 Å². The molecule has 0 N–H and O–H groups in total. The van der Waals surface area contributed by atoms with Gasteiger partial charge in [-0.25, -0.2) is 0 Å². The van der Waals surface area contributed by atoms with Crippen LogP contribution in [0.3, 0.4) is 0 Å². The molecule has 0 saturated heterocycles. The van der Waals surface area contributed by atoms with Crippen molar-refractivity contribution in [2.75, 3.05) is 6.61 Å². The van der Waals surface area contributed by atoms with E-state index in [0.29, 0.717) is 10.0 Å². The van der Waals surface area contributed by atoms with E-state index in [-0.39, 0.29) is 4.83 Å². The minimum absolute atomic E-state index is 0.0320. The summed E-state index contributed by atoms with van der Waals surface area (Å²) in [7, 11) is 0. The lowest BCUT2D eigenvalue weighted by molar-refractivity contribution is 0.357. The fourth-order valence-electron chi connectivity index (χ4n) is 2.26. The largest absolute Gasteiger partial charge is 0.493 e. The Bertz CT molecular complexity index is 628. The second-order valence-electron chi connectivity index (χ2n) is 4.47. The third kappa shape index (κ3) is 2.49. The molecule has 1 heterocycles. The van der Waals surface area contributed by atoms with E-state index in [1.807, 2.05) is 18.2 Å². The van der Waals surface area contributed by atoms with Gasteiger partial charge in [0.25, 0.3) is 0 Å². The first-order valence-electron chi connectivity index (χ1n) is 6.00. The molecule has 1 nitrogen and oxygen atoms in total. The number of ether oxygens (including phenoxy) is 1.